The van der Waals surface area contributed by atoms with E-state index < -0.39 is 29.4 Å². The number of aromatic amines is 1. The number of fused-ring (bicyclic) bond motifs is 1. The molecule has 0 aliphatic heterocycles. The van der Waals surface area contributed by atoms with E-state index in [2.05, 4.69) is 25.3 Å². The number of hydrogen-bond acceptors (Lipinski definition) is 9. The lowest BCUT2D eigenvalue weighted by atomic mass is 10.0. The number of carboxylic acids is 2. The molecule has 0 aliphatic rings. The van der Waals surface area contributed by atoms with Crippen molar-refractivity contribution in [2.75, 3.05) is 5.73 Å². The maximum absolute atomic E-state index is 12.5. The number of amides is 1. The van der Waals surface area contributed by atoms with Gasteiger partial charge in [-0.3, -0.25) is 24.2 Å². The molecule has 0 saturated carbocycles. The number of benzene rings is 1. The number of nitrogens with zero attached hydrogens (tertiary/aromatic N) is 3. The number of nitrogen functional groups attached to an aromatic ring is 1. The Bertz CT molecular complexity index is 1370. The van der Waals surface area contributed by atoms with Gasteiger partial charge in [-0.05, 0) is 43.4 Å². The fourth-order valence-electron chi connectivity index (χ4n) is 3.55. The van der Waals surface area contributed by atoms with Gasteiger partial charge in [0.2, 0.25) is 5.95 Å². The molecule has 1 atom stereocenters. The number of Topliss-reactive ketones (excluding diaryl/α,β-unsaturated/α-hetero) is 1. The van der Waals surface area contributed by atoms with Crippen molar-refractivity contribution in [2.45, 2.75) is 51.0 Å². The van der Waals surface area contributed by atoms with Crippen molar-refractivity contribution >= 4 is 40.7 Å². The molecule has 0 radical (unpaired) electrons. The zero-order valence-corrected chi connectivity index (χ0v) is 19.8. The van der Waals surface area contributed by atoms with Gasteiger partial charge in [0.15, 0.2) is 11.2 Å². The van der Waals surface area contributed by atoms with E-state index in [1.54, 1.807) is 24.3 Å². The van der Waals surface area contributed by atoms with E-state index in [4.69, 9.17) is 10.8 Å². The molecular weight excluding hydrogens is 484 g/mol. The van der Waals surface area contributed by atoms with Crippen LogP contribution >= 0.6 is 0 Å². The van der Waals surface area contributed by atoms with Crippen molar-refractivity contribution in [2.24, 2.45) is 0 Å². The summed E-state index contributed by atoms with van der Waals surface area (Å²) < 4.78 is 0. The van der Waals surface area contributed by atoms with Crippen LogP contribution in [0.25, 0.3) is 11.2 Å². The lowest BCUT2D eigenvalue weighted by molar-refractivity contribution is -0.139. The summed E-state index contributed by atoms with van der Waals surface area (Å²) in [4.78, 5) is 73.2. The smallest absolute Gasteiger partial charge is 0.326 e. The van der Waals surface area contributed by atoms with Crippen LogP contribution in [0.15, 0.2) is 35.3 Å². The van der Waals surface area contributed by atoms with Gasteiger partial charge in [0.25, 0.3) is 11.5 Å². The highest BCUT2D eigenvalue weighted by Gasteiger charge is 2.21. The molecule has 6 N–H and O–H groups in total. The van der Waals surface area contributed by atoms with Gasteiger partial charge in [0.05, 0.1) is 11.9 Å². The van der Waals surface area contributed by atoms with Gasteiger partial charge in [-0.25, -0.2) is 14.8 Å². The summed E-state index contributed by atoms with van der Waals surface area (Å²) in [6.45, 7) is 0. The first-order chi connectivity index (χ1) is 17.6. The van der Waals surface area contributed by atoms with Crippen LogP contribution in [0, 0.1) is 0 Å². The molecule has 2 heterocycles. The first-order valence-corrected chi connectivity index (χ1v) is 11.5. The summed E-state index contributed by atoms with van der Waals surface area (Å²) in [7, 11) is 0. The monoisotopic (exact) mass is 510 g/mol. The van der Waals surface area contributed by atoms with E-state index in [1.165, 1.54) is 6.20 Å². The fourth-order valence-corrected chi connectivity index (χ4v) is 3.55. The Morgan fingerprint density at radius 2 is 1.73 bits per heavy atom. The van der Waals surface area contributed by atoms with Crippen LogP contribution < -0.4 is 16.6 Å². The Labute approximate surface area is 210 Å². The van der Waals surface area contributed by atoms with E-state index in [0.29, 0.717) is 18.5 Å². The number of nitrogens with two attached hydrogens (primary N) is 1. The van der Waals surface area contributed by atoms with Gasteiger partial charge in [0.1, 0.15) is 11.8 Å². The molecule has 2 aromatic heterocycles. The average molecular weight is 511 g/mol. The van der Waals surface area contributed by atoms with Crippen LogP contribution in [-0.2, 0) is 27.2 Å². The molecule has 1 amide bonds. The molecule has 0 bridgehead atoms. The number of ketones is 1. The molecule has 0 aliphatic carbocycles. The minimum atomic E-state index is -1.27. The van der Waals surface area contributed by atoms with Gasteiger partial charge >= 0.3 is 11.9 Å². The quantitative estimate of drug-likeness (QED) is 0.217. The number of hydrogen-bond donors (Lipinski definition) is 5. The maximum Gasteiger partial charge on any atom is 0.326 e. The molecule has 0 saturated heterocycles. The number of aryl methyl sites for hydroxylation is 2. The normalized spacial score (nSPS) is 11.7. The SMILES string of the molecule is Nc1nc2ncc(CCc3ccc(C(=O)NC(CCC(=O)CCCC(=O)O)C(=O)O)cc3)nc2c(=O)[nH]1. The summed E-state index contributed by atoms with van der Waals surface area (Å²) >= 11 is 0. The number of rotatable bonds is 13. The van der Waals surface area contributed by atoms with Crippen LogP contribution in [0.1, 0.15) is 53.7 Å². The summed E-state index contributed by atoms with van der Waals surface area (Å²) in [5, 5.41) is 20.4. The highest BCUT2D eigenvalue weighted by Crippen LogP contribution is 2.11. The van der Waals surface area contributed by atoms with Crippen LogP contribution in [0.5, 0.6) is 0 Å². The van der Waals surface area contributed by atoms with Crippen LogP contribution in [0.4, 0.5) is 5.95 Å². The number of anilines is 1. The van der Waals surface area contributed by atoms with Crippen molar-refractivity contribution in [3.8, 4) is 0 Å². The number of aromatic nitrogens is 4. The van der Waals surface area contributed by atoms with E-state index in [-0.39, 0.29) is 60.6 Å². The predicted molar refractivity (Wildman–Crippen MR) is 131 cm³/mol. The van der Waals surface area contributed by atoms with Gasteiger partial charge in [-0.1, -0.05) is 12.1 Å². The van der Waals surface area contributed by atoms with E-state index in [0.717, 1.165) is 5.56 Å². The third kappa shape index (κ3) is 7.92. The first-order valence-electron chi connectivity index (χ1n) is 11.5. The number of nitrogens with one attached hydrogen (secondary N) is 2. The minimum Gasteiger partial charge on any atom is -0.481 e. The van der Waals surface area contributed by atoms with Crippen molar-refractivity contribution in [3.63, 3.8) is 0 Å². The largest absolute Gasteiger partial charge is 0.481 e. The number of carboxylic acid groups (broad SMARTS) is 2. The van der Waals surface area contributed by atoms with Crippen LogP contribution in [-0.4, -0.2) is 59.8 Å². The Hall–Kier alpha value is -4.68. The Balaban J connectivity index is 1.53. The van der Waals surface area contributed by atoms with E-state index in [9.17, 15) is 29.1 Å². The molecule has 1 unspecified atom stereocenters. The third-order valence-electron chi connectivity index (χ3n) is 5.53. The van der Waals surface area contributed by atoms with Crippen molar-refractivity contribution in [1.82, 2.24) is 25.3 Å². The zero-order chi connectivity index (χ0) is 26.9. The van der Waals surface area contributed by atoms with Gasteiger partial charge in [0, 0.05) is 24.8 Å². The molecule has 0 fully saturated rings. The second-order valence-corrected chi connectivity index (χ2v) is 8.37. The molecule has 1 aromatic carbocycles. The zero-order valence-electron chi connectivity index (χ0n) is 19.8. The van der Waals surface area contributed by atoms with Gasteiger partial charge in [-0.2, -0.15) is 4.98 Å². The Kier molecular flexibility index (Phi) is 8.97. The van der Waals surface area contributed by atoms with Crippen molar-refractivity contribution in [3.05, 3.63) is 57.6 Å². The second-order valence-electron chi connectivity index (χ2n) is 8.37. The molecule has 3 aromatic rings. The van der Waals surface area contributed by atoms with Crippen LogP contribution in [0.3, 0.4) is 0 Å². The van der Waals surface area contributed by atoms with Gasteiger partial charge < -0.3 is 21.3 Å². The lowest BCUT2D eigenvalue weighted by Crippen LogP contribution is -2.41. The highest BCUT2D eigenvalue weighted by atomic mass is 16.4. The van der Waals surface area contributed by atoms with Crippen LogP contribution in [0.2, 0.25) is 0 Å². The summed E-state index contributed by atoms with van der Waals surface area (Å²) in [6.07, 6.45) is 2.45. The summed E-state index contributed by atoms with van der Waals surface area (Å²) in [5.41, 5.74) is 6.98. The van der Waals surface area contributed by atoms with Gasteiger partial charge in [-0.15, -0.1) is 0 Å². The number of carbonyl (C=O) groups excluding carboxylic acids is 2. The maximum atomic E-state index is 12.5. The second kappa shape index (κ2) is 12.3. The first kappa shape index (κ1) is 26.9. The molecule has 13 heteroatoms. The summed E-state index contributed by atoms with van der Waals surface area (Å²) in [6, 6.07) is 5.31. The number of aliphatic carboxylic acids is 2. The average Bonchev–Trinajstić information content (AvgIpc) is 2.85. The molecule has 3 rings (SSSR count). The third-order valence-corrected chi connectivity index (χ3v) is 5.53. The summed E-state index contributed by atoms with van der Waals surface area (Å²) in [5.74, 6) is -3.16. The lowest BCUT2D eigenvalue weighted by Gasteiger charge is -2.14. The van der Waals surface area contributed by atoms with E-state index >= 15 is 0 Å². The minimum absolute atomic E-state index is 0.0418. The van der Waals surface area contributed by atoms with Crippen molar-refractivity contribution in [1.29, 1.82) is 0 Å². The molecule has 13 nitrogen and oxygen atoms in total. The van der Waals surface area contributed by atoms with Crippen molar-refractivity contribution < 1.29 is 29.4 Å². The molecule has 0 spiro atoms. The number of H-pyrrole nitrogens is 1. The molecule has 37 heavy (non-hydrogen) atoms. The number of carbonyl (C=O) groups is 4. The fraction of sp³-hybridized carbons (Fsp3) is 0.333. The molecule has 194 valence electrons. The standard InChI is InChI=1S/C24H26N6O7/c25-24-29-20-19(22(35)30-24)27-15(12-26-20)9-6-13-4-7-14(8-5-13)21(34)28-17(23(36)37)11-10-16(31)2-1-3-18(32)33/h4-5,7-8,12,17H,1-3,6,9-11H2,(H,28,34)(H,32,33)(H,36,37)(H3,25,26,29,30,35). The Morgan fingerprint density at radius 3 is 2.41 bits per heavy atom. The molecular formula is C24H26N6O7. The Morgan fingerprint density at radius 1 is 1.00 bits per heavy atom. The predicted octanol–water partition coefficient (Wildman–Crippen LogP) is 0.868. The topological polar surface area (TPSA) is 218 Å². The van der Waals surface area contributed by atoms with E-state index in [1.807, 2.05) is 0 Å². The highest BCUT2D eigenvalue weighted by molar-refractivity contribution is 5.96.